The molecular formula is C29H46N2O3Si. The van der Waals surface area contributed by atoms with E-state index in [1.165, 1.54) is 37.8 Å². The van der Waals surface area contributed by atoms with E-state index in [1.807, 2.05) is 4.90 Å². The highest BCUT2D eigenvalue weighted by Gasteiger charge is 2.47. The van der Waals surface area contributed by atoms with Gasteiger partial charge in [-0.1, -0.05) is 52.3 Å². The van der Waals surface area contributed by atoms with Crippen LogP contribution in [0.2, 0.25) is 18.1 Å². The smallest absolute Gasteiger partial charge is 0.414 e. The number of fused-ring (bicyclic) bond motifs is 1. The number of hydrogen-bond donors (Lipinski definition) is 0. The molecule has 0 N–H and O–H groups in total. The molecule has 2 aliphatic carbocycles. The Bertz CT molecular complexity index is 913. The SMILES string of the molecule is C=C(O[Si](C)(C)C(C)(C)C)[C@@H]1C=C(N2CCOC2=O)[C@@H]2CCCC[C@H]2C1/C=C/C1=N[C@@H](C)CCC1. The number of amides is 1. The Hall–Kier alpha value is -1.82. The van der Waals surface area contributed by atoms with Crippen LogP contribution >= 0.6 is 0 Å². The van der Waals surface area contributed by atoms with Crippen LogP contribution in [0.3, 0.4) is 0 Å². The molecule has 4 rings (SSSR count). The molecule has 1 saturated heterocycles. The molecule has 0 radical (unpaired) electrons. The van der Waals surface area contributed by atoms with E-state index < -0.39 is 8.32 Å². The minimum absolute atomic E-state index is 0.0461. The fourth-order valence-electron chi connectivity index (χ4n) is 6.05. The first-order valence-corrected chi connectivity index (χ1v) is 16.7. The normalized spacial score (nSPS) is 32.1. The number of ether oxygens (including phenoxy) is 1. The fourth-order valence-corrected chi connectivity index (χ4v) is 7.15. The zero-order valence-corrected chi connectivity index (χ0v) is 23.8. The highest BCUT2D eigenvalue weighted by molar-refractivity contribution is 6.74. The van der Waals surface area contributed by atoms with Gasteiger partial charge in [-0.2, -0.15) is 0 Å². The number of cyclic esters (lactones) is 1. The van der Waals surface area contributed by atoms with Gasteiger partial charge in [0.2, 0.25) is 8.32 Å². The molecule has 0 aromatic heterocycles. The average Bonchev–Trinajstić information content (AvgIpc) is 3.21. The van der Waals surface area contributed by atoms with Crippen LogP contribution in [0.4, 0.5) is 4.79 Å². The number of carbonyl (C=O) groups excluding carboxylic acids is 1. The van der Waals surface area contributed by atoms with Crippen molar-refractivity contribution in [3.63, 3.8) is 0 Å². The minimum Gasteiger partial charge on any atom is -0.546 e. The monoisotopic (exact) mass is 498 g/mol. The second-order valence-electron chi connectivity index (χ2n) is 12.6. The first-order chi connectivity index (χ1) is 16.5. The van der Waals surface area contributed by atoms with E-state index >= 15 is 0 Å². The number of rotatable bonds is 6. The van der Waals surface area contributed by atoms with Crippen molar-refractivity contribution in [2.45, 2.75) is 96.8 Å². The highest BCUT2D eigenvalue weighted by atomic mass is 28.4. The molecular weight excluding hydrogens is 452 g/mol. The minimum atomic E-state index is -2.04. The Morgan fingerprint density at radius 3 is 2.63 bits per heavy atom. The van der Waals surface area contributed by atoms with Gasteiger partial charge in [0.15, 0.2) is 0 Å². The van der Waals surface area contributed by atoms with Gasteiger partial charge in [0.25, 0.3) is 0 Å². The molecule has 5 nitrogen and oxygen atoms in total. The fraction of sp³-hybridized carbons (Fsp3) is 0.724. The van der Waals surface area contributed by atoms with E-state index in [1.54, 1.807) is 0 Å². The Morgan fingerprint density at radius 1 is 1.23 bits per heavy atom. The second-order valence-corrected chi connectivity index (χ2v) is 17.3. The predicted octanol–water partition coefficient (Wildman–Crippen LogP) is 7.48. The van der Waals surface area contributed by atoms with Crippen LogP contribution < -0.4 is 0 Å². The first kappa shape index (κ1) is 26.2. The van der Waals surface area contributed by atoms with Crippen LogP contribution in [-0.4, -0.2) is 44.2 Å². The summed E-state index contributed by atoms with van der Waals surface area (Å²) in [6.07, 6.45) is 15.0. The van der Waals surface area contributed by atoms with E-state index in [2.05, 4.69) is 65.6 Å². The Kier molecular flexibility index (Phi) is 7.70. The van der Waals surface area contributed by atoms with Gasteiger partial charge in [-0.05, 0) is 75.1 Å². The van der Waals surface area contributed by atoms with Crippen LogP contribution in [0.15, 0.2) is 41.3 Å². The molecule has 35 heavy (non-hydrogen) atoms. The van der Waals surface area contributed by atoms with Crippen molar-refractivity contribution in [1.82, 2.24) is 4.90 Å². The summed E-state index contributed by atoms with van der Waals surface area (Å²) in [5.74, 6) is 2.07. The van der Waals surface area contributed by atoms with Crippen molar-refractivity contribution in [1.29, 1.82) is 0 Å². The standard InChI is InChI=1S/C29H46N2O3Si/c1-20-11-10-12-22(30-20)15-16-24-23-13-8-9-14-25(23)27(31-17-18-33-28(31)32)19-26(24)21(2)34-35(6,7)29(3,4)5/h15-16,19-20,23-26H,2,8-14,17-18H2,1,3-7H3/b16-15+/t20-,23-,24?,25+,26-/m0/s1. The van der Waals surface area contributed by atoms with E-state index in [4.69, 9.17) is 14.2 Å². The maximum atomic E-state index is 12.6. The summed E-state index contributed by atoms with van der Waals surface area (Å²) in [5.41, 5.74) is 2.37. The van der Waals surface area contributed by atoms with Crippen molar-refractivity contribution in [3.8, 4) is 0 Å². The number of allylic oxidation sites excluding steroid dienone is 4. The van der Waals surface area contributed by atoms with Gasteiger partial charge in [0.05, 0.1) is 12.3 Å². The van der Waals surface area contributed by atoms with Crippen LogP contribution in [0, 0.1) is 23.7 Å². The van der Waals surface area contributed by atoms with Crippen molar-refractivity contribution in [3.05, 3.63) is 36.3 Å². The summed E-state index contributed by atoms with van der Waals surface area (Å²) in [6, 6.07) is 0.414. The Balaban J connectivity index is 1.71. The van der Waals surface area contributed by atoms with Crippen LogP contribution in [0.25, 0.3) is 0 Å². The molecule has 5 atom stereocenters. The molecule has 2 heterocycles. The van der Waals surface area contributed by atoms with Crippen LogP contribution in [0.1, 0.15) is 72.6 Å². The van der Waals surface area contributed by atoms with Gasteiger partial charge in [-0.15, -0.1) is 0 Å². The van der Waals surface area contributed by atoms with Gasteiger partial charge in [-0.3, -0.25) is 9.89 Å². The highest BCUT2D eigenvalue weighted by Crippen LogP contribution is 2.51. The molecule has 0 aromatic rings. The summed E-state index contributed by atoms with van der Waals surface area (Å²) < 4.78 is 12.2. The lowest BCUT2D eigenvalue weighted by Crippen LogP contribution is -2.45. The lowest BCUT2D eigenvalue weighted by Gasteiger charge is -2.47. The quantitative estimate of drug-likeness (QED) is 0.282. The van der Waals surface area contributed by atoms with E-state index in [9.17, 15) is 4.79 Å². The summed E-state index contributed by atoms with van der Waals surface area (Å²) in [4.78, 5) is 19.4. The van der Waals surface area contributed by atoms with E-state index in [0.717, 1.165) is 24.3 Å². The van der Waals surface area contributed by atoms with Gasteiger partial charge >= 0.3 is 6.09 Å². The molecule has 2 fully saturated rings. The van der Waals surface area contributed by atoms with Gasteiger partial charge in [-0.25, -0.2) is 4.79 Å². The summed E-state index contributed by atoms with van der Waals surface area (Å²) in [5, 5.41) is 0.0988. The summed E-state index contributed by atoms with van der Waals surface area (Å²) in [6.45, 7) is 19.2. The van der Waals surface area contributed by atoms with Crippen LogP contribution in [-0.2, 0) is 9.16 Å². The van der Waals surface area contributed by atoms with Gasteiger partial charge in [0.1, 0.15) is 6.61 Å². The van der Waals surface area contributed by atoms with Crippen molar-refractivity contribution in [2.24, 2.45) is 28.7 Å². The molecule has 4 aliphatic rings. The van der Waals surface area contributed by atoms with E-state index in [0.29, 0.717) is 36.9 Å². The number of carbonyl (C=O) groups is 1. The number of nitrogens with zero attached hydrogens (tertiary/aromatic N) is 2. The third kappa shape index (κ3) is 5.62. The maximum absolute atomic E-state index is 12.6. The molecule has 0 aromatic carbocycles. The predicted molar refractivity (Wildman–Crippen MR) is 146 cm³/mol. The largest absolute Gasteiger partial charge is 0.546 e. The molecule has 2 aliphatic heterocycles. The molecule has 0 spiro atoms. The average molecular weight is 499 g/mol. The lowest BCUT2D eigenvalue weighted by atomic mass is 9.62. The molecule has 194 valence electrons. The van der Waals surface area contributed by atoms with Gasteiger partial charge in [0, 0.05) is 29.3 Å². The third-order valence-electron chi connectivity index (χ3n) is 9.05. The zero-order chi connectivity index (χ0) is 25.4. The lowest BCUT2D eigenvalue weighted by molar-refractivity contribution is 0.125. The second kappa shape index (κ2) is 10.3. The summed E-state index contributed by atoms with van der Waals surface area (Å²) in [7, 11) is -2.04. The molecule has 1 saturated carbocycles. The third-order valence-corrected chi connectivity index (χ3v) is 13.4. The number of aliphatic imine (C=N–C) groups is 1. The summed E-state index contributed by atoms with van der Waals surface area (Å²) >= 11 is 0. The Morgan fingerprint density at radius 2 is 1.97 bits per heavy atom. The van der Waals surface area contributed by atoms with Crippen LogP contribution in [0.5, 0.6) is 0 Å². The molecule has 6 heteroatoms. The number of hydrogen-bond acceptors (Lipinski definition) is 4. The molecule has 0 bridgehead atoms. The van der Waals surface area contributed by atoms with Crippen molar-refractivity contribution >= 4 is 20.1 Å². The zero-order valence-electron chi connectivity index (χ0n) is 22.8. The first-order valence-electron chi connectivity index (χ1n) is 13.8. The van der Waals surface area contributed by atoms with E-state index in [-0.39, 0.29) is 17.0 Å². The van der Waals surface area contributed by atoms with Crippen molar-refractivity contribution in [2.75, 3.05) is 13.2 Å². The Labute approximate surface area is 213 Å². The maximum Gasteiger partial charge on any atom is 0.414 e. The molecule has 1 unspecified atom stereocenters. The molecule has 1 amide bonds. The van der Waals surface area contributed by atoms with Gasteiger partial charge < -0.3 is 9.16 Å². The topological polar surface area (TPSA) is 51.1 Å². The van der Waals surface area contributed by atoms with Crippen molar-refractivity contribution < 1.29 is 14.0 Å².